The van der Waals surface area contributed by atoms with Crippen LogP contribution in [-0.2, 0) is 5.88 Å². The highest BCUT2D eigenvalue weighted by Crippen LogP contribution is 2.37. The van der Waals surface area contributed by atoms with Crippen LogP contribution in [0.4, 0.5) is 0 Å². The standard InChI is InChI=1S/C16H21ClN2OS/c1-20-14-5-3-4-13-16(14)18-15(10-17)19(13)11-6-8-12(21-2)9-7-11/h3-5,11-12H,6-10H2,1-2H3. The number of alkyl halides is 1. The first-order valence-corrected chi connectivity index (χ1v) is 9.23. The Morgan fingerprint density at radius 3 is 2.71 bits per heavy atom. The first kappa shape index (κ1) is 15.0. The van der Waals surface area contributed by atoms with Crippen LogP contribution >= 0.6 is 23.4 Å². The Balaban J connectivity index is 2.01. The third-order valence-corrected chi connectivity index (χ3v) is 5.81. The van der Waals surface area contributed by atoms with Gasteiger partial charge in [0.1, 0.15) is 17.1 Å². The number of aromatic nitrogens is 2. The number of methoxy groups -OCH3 is 1. The smallest absolute Gasteiger partial charge is 0.146 e. The summed E-state index contributed by atoms with van der Waals surface area (Å²) in [4.78, 5) is 4.72. The van der Waals surface area contributed by atoms with Gasteiger partial charge in [-0.2, -0.15) is 11.8 Å². The molecule has 0 spiro atoms. The van der Waals surface area contributed by atoms with E-state index in [0.717, 1.165) is 27.9 Å². The van der Waals surface area contributed by atoms with Crippen molar-refractivity contribution in [3.63, 3.8) is 0 Å². The molecule has 1 heterocycles. The van der Waals surface area contributed by atoms with Gasteiger partial charge in [0.2, 0.25) is 0 Å². The zero-order valence-corrected chi connectivity index (χ0v) is 14.1. The van der Waals surface area contributed by atoms with Crippen LogP contribution in [0.5, 0.6) is 5.75 Å². The Morgan fingerprint density at radius 2 is 2.10 bits per heavy atom. The lowest BCUT2D eigenvalue weighted by atomic mass is 9.94. The van der Waals surface area contributed by atoms with E-state index in [0.29, 0.717) is 11.9 Å². The molecule has 1 fully saturated rings. The van der Waals surface area contributed by atoms with Gasteiger partial charge in [-0.15, -0.1) is 11.6 Å². The highest BCUT2D eigenvalue weighted by molar-refractivity contribution is 7.99. The zero-order valence-electron chi connectivity index (χ0n) is 12.5. The van der Waals surface area contributed by atoms with E-state index in [4.69, 9.17) is 21.3 Å². The summed E-state index contributed by atoms with van der Waals surface area (Å²) in [7, 11) is 1.69. The molecule has 2 aromatic rings. The molecule has 3 rings (SSSR count). The van der Waals surface area contributed by atoms with Crippen LogP contribution in [0, 0.1) is 0 Å². The number of hydrogen-bond acceptors (Lipinski definition) is 3. The molecule has 0 radical (unpaired) electrons. The van der Waals surface area contributed by atoms with Crippen LogP contribution in [0.15, 0.2) is 18.2 Å². The van der Waals surface area contributed by atoms with Crippen molar-refractivity contribution in [2.24, 2.45) is 0 Å². The fourth-order valence-electron chi connectivity index (χ4n) is 3.35. The molecule has 114 valence electrons. The van der Waals surface area contributed by atoms with Crippen molar-refractivity contribution in [1.82, 2.24) is 9.55 Å². The van der Waals surface area contributed by atoms with E-state index in [9.17, 15) is 0 Å². The van der Waals surface area contributed by atoms with Crippen molar-refractivity contribution in [3.8, 4) is 5.75 Å². The second kappa shape index (κ2) is 6.49. The average Bonchev–Trinajstić information content (AvgIpc) is 2.93. The minimum atomic E-state index is 0.445. The molecule has 0 unspecified atom stereocenters. The summed E-state index contributed by atoms with van der Waals surface area (Å²) < 4.78 is 7.79. The Morgan fingerprint density at radius 1 is 1.33 bits per heavy atom. The molecular formula is C16H21ClN2OS. The molecule has 1 aromatic heterocycles. The number of ether oxygens (including phenoxy) is 1. The fourth-order valence-corrected chi connectivity index (χ4v) is 4.28. The molecule has 0 amide bonds. The van der Waals surface area contributed by atoms with E-state index >= 15 is 0 Å². The van der Waals surface area contributed by atoms with Crippen LogP contribution in [0.2, 0.25) is 0 Å². The van der Waals surface area contributed by atoms with Crippen LogP contribution in [0.3, 0.4) is 0 Å². The van der Waals surface area contributed by atoms with Crippen molar-refractivity contribution in [1.29, 1.82) is 0 Å². The van der Waals surface area contributed by atoms with Crippen molar-refractivity contribution in [2.45, 2.75) is 42.9 Å². The topological polar surface area (TPSA) is 27.1 Å². The molecule has 0 aliphatic heterocycles. The maximum atomic E-state index is 6.15. The maximum Gasteiger partial charge on any atom is 0.146 e. The molecule has 3 nitrogen and oxygen atoms in total. The van der Waals surface area contributed by atoms with Gasteiger partial charge in [0, 0.05) is 11.3 Å². The summed E-state index contributed by atoms with van der Waals surface area (Å²) >= 11 is 8.14. The van der Waals surface area contributed by atoms with Crippen molar-refractivity contribution < 1.29 is 4.74 Å². The third-order valence-electron chi connectivity index (χ3n) is 4.44. The summed E-state index contributed by atoms with van der Waals surface area (Å²) in [6, 6.07) is 6.63. The SMILES string of the molecule is COc1cccc2c1nc(CCl)n2C1CCC(SC)CC1. The summed E-state index contributed by atoms with van der Waals surface area (Å²) in [6.45, 7) is 0. The number of imidazole rings is 1. The van der Waals surface area contributed by atoms with Crippen LogP contribution in [0.25, 0.3) is 11.0 Å². The van der Waals surface area contributed by atoms with Crippen molar-refractivity contribution >= 4 is 34.4 Å². The Kier molecular flexibility index (Phi) is 4.65. The highest BCUT2D eigenvalue weighted by Gasteiger charge is 2.25. The fraction of sp³-hybridized carbons (Fsp3) is 0.562. The summed E-state index contributed by atoms with van der Waals surface area (Å²) in [5.41, 5.74) is 2.08. The highest BCUT2D eigenvalue weighted by atomic mass is 35.5. The minimum Gasteiger partial charge on any atom is -0.494 e. The van der Waals surface area contributed by atoms with Gasteiger partial charge in [0.25, 0.3) is 0 Å². The monoisotopic (exact) mass is 324 g/mol. The lowest BCUT2D eigenvalue weighted by molar-refractivity contribution is 0.361. The molecule has 0 N–H and O–H groups in total. The first-order valence-electron chi connectivity index (χ1n) is 7.41. The zero-order chi connectivity index (χ0) is 14.8. The second-order valence-electron chi connectivity index (χ2n) is 5.53. The molecule has 21 heavy (non-hydrogen) atoms. The normalized spacial score (nSPS) is 22.6. The van der Waals surface area contributed by atoms with Gasteiger partial charge in [-0.1, -0.05) is 6.07 Å². The maximum absolute atomic E-state index is 6.15. The molecule has 0 bridgehead atoms. The Bertz CT molecular complexity index is 620. The van der Waals surface area contributed by atoms with Gasteiger partial charge < -0.3 is 9.30 Å². The van der Waals surface area contributed by atoms with Gasteiger partial charge in [-0.25, -0.2) is 4.98 Å². The number of nitrogens with zero attached hydrogens (tertiary/aromatic N) is 2. The van der Waals surface area contributed by atoms with E-state index in [1.807, 2.05) is 23.9 Å². The lowest BCUT2D eigenvalue weighted by Gasteiger charge is -2.29. The summed E-state index contributed by atoms with van der Waals surface area (Å²) in [6.07, 6.45) is 7.18. The second-order valence-corrected chi connectivity index (χ2v) is 6.93. The predicted molar refractivity (Wildman–Crippen MR) is 90.7 cm³/mol. The summed E-state index contributed by atoms with van der Waals surface area (Å²) in [5, 5.41) is 0.810. The predicted octanol–water partition coefficient (Wildman–Crippen LogP) is 4.63. The molecule has 0 atom stereocenters. The van der Waals surface area contributed by atoms with Crippen LogP contribution in [0.1, 0.15) is 37.5 Å². The Hall–Kier alpha value is -0.870. The molecule has 1 aliphatic carbocycles. The number of fused-ring (bicyclic) bond motifs is 1. The molecule has 0 saturated heterocycles. The summed E-state index contributed by atoms with van der Waals surface area (Å²) in [5.74, 6) is 2.24. The van der Waals surface area contributed by atoms with E-state index in [2.05, 4.69) is 16.9 Å². The number of para-hydroxylation sites is 1. The number of thioether (sulfide) groups is 1. The lowest BCUT2D eigenvalue weighted by Crippen LogP contribution is -2.20. The number of rotatable bonds is 4. The molecule has 5 heteroatoms. The van der Waals surface area contributed by atoms with Crippen molar-refractivity contribution in [2.75, 3.05) is 13.4 Å². The van der Waals surface area contributed by atoms with Gasteiger partial charge in [0.15, 0.2) is 0 Å². The van der Waals surface area contributed by atoms with E-state index < -0.39 is 0 Å². The molecule has 1 aromatic carbocycles. The van der Waals surface area contributed by atoms with E-state index in [1.165, 1.54) is 25.7 Å². The molecule has 1 aliphatic rings. The van der Waals surface area contributed by atoms with Gasteiger partial charge >= 0.3 is 0 Å². The van der Waals surface area contributed by atoms with Crippen molar-refractivity contribution in [3.05, 3.63) is 24.0 Å². The van der Waals surface area contributed by atoms with Crippen LogP contribution in [-0.4, -0.2) is 28.2 Å². The first-order chi connectivity index (χ1) is 10.3. The van der Waals surface area contributed by atoms with E-state index in [-0.39, 0.29) is 0 Å². The molecule has 1 saturated carbocycles. The van der Waals surface area contributed by atoms with Gasteiger partial charge in [-0.05, 0) is 44.1 Å². The van der Waals surface area contributed by atoms with E-state index in [1.54, 1.807) is 7.11 Å². The Labute approximate surface area is 135 Å². The number of hydrogen-bond donors (Lipinski definition) is 0. The van der Waals surface area contributed by atoms with Crippen LogP contribution < -0.4 is 4.74 Å². The van der Waals surface area contributed by atoms with Gasteiger partial charge in [-0.3, -0.25) is 0 Å². The number of benzene rings is 1. The third kappa shape index (κ3) is 2.76. The van der Waals surface area contributed by atoms with Gasteiger partial charge in [0.05, 0.1) is 18.5 Å². The molecular weight excluding hydrogens is 304 g/mol. The largest absolute Gasteiger partial charge is 0.494 e. The minimum absolute atomic E-state index is 0.445. The number of halogens is 1. The quantitative estimate of drug-likeness (QED) is 0.767. The average molecular weight is 325 g/mol.